The largest absolute Gasteiger partial charge is 0.394 e. The molecule has 1 aromatic rings. The van der Waals surface area contributed by atoms with Crippen molar-refractivity contribution < 1.29 is 13.2 Å². The van der Waals surface area contributed by atoms with E-state index in [9.17, 15) is 13.2 Å². The summed E-state index contributed by atoms with van der Waals surface area (Å²) in [5, 5.41) is 3.96. The van der Waals surface area contributed by atoms with Crippen molar-refractivity contribution in [2.45, 2.75) is 12.7 Å². The highest BCUT2D eigenvalue weighted by atomic mass is 19.4. The van der Waals surface area contributed by atoms with E-state index in [-0.39, 0.29) is 13.1 Å². The van der Waals surface area contributed by atoms with Crippen molar-refractivity contribution in [1.82, 2.24) is 14.7 Å². The Labute approximate surface area is 98.2 Å². The minimum absolute atomic E-state index is 0.102. The fraction of sp³-hybridized carbons (Fsp3) is 0.700. The van der Waals surface area contributed by atoms with Gasteiger partial charge in [0, 0.05) is 38.4 Å². The molecule has 0 saturated heterocycles. The van der Waals surface area contributed by atoms with Crippen LogP contribution in [0.25, 0.3) is 0 Å². The fourth-order valence-corrected chi connectivity index (χ4v) is 1.62. The summed E-state index contributed by atoms with van der Waals surface area (Å²) in [6, 6.07) is 0. The van der Waals surface area contributed by atoms with Crippen LogP contribution in [-0.4, -0.2) is 41.0 Å². The molecule has 0 aliphatic heterocycles. The van der Waals surface area contributed by atoms with Crippen molar-refractivity contribution >= 4 is 0 Å². The van der Waals surface area contributed by atoms with Gasteiger partial charge in [0.25, 0.3) is 0 Å². The quantitative estimate of drug-likeness (QED) is 0.847. The molecule has 0 bridgehead atoms. The average molecular weight is 250 g/mol. The molecule has 0 aliphatic carbocycles. The molecule has 2 N–H and O–H groups in total. The van der Waals surface area contributed by atoms with Crippen molar-refractivity contribution in [2.75, 3.05) is 20.1 Å². The summed E-state index contributed by atoms with van der Waals surface area (Å²) in [6.45, 7) is -0.0593. The van der Waals surface area contributed by atoms with E-state index in [2.05, 4.69) is 5.10 Å². The number of aromatic nitrogens is 2. The molecular weight excluding hydrogens is 233 g/mol. The van der Waals surface area contributed by atoms with Gasteiger partial charge in [-0.05, 0) is 7.05 Å². The first-order valence-corrected chi connectivity index (χ1v) is 5.25. The average Bonchev–Trinajstić information content (AvgIpc) is 2.58. The standard InChI is InChI=1S/C10H17F3N4/c1-16(5-8-4-15-17(2)6-8)7-9(3-14)10(11,12)13/h4,6,9H,3,5,7,14H2,1-2H3. The lowest BCUT2D eigenvalue weighted by Gasteiger charge is -2.24. The molecule has 1 heterocycles. The van der Waals surface area contributed by atoms with E-state index in [1.54, 1.807) is 36.1 Å². The summed E-state index contributed by atoms with van der Waals surface area (Å²) in [5.74, 6) is -1.48. The van der Waals surface area contributed by atoms with Crippen LogP contribution < -0.4 is 5.73 Å². The second-order valence-electron chi connectivity index (χ2n) is 4.19. The molecule has 1 unspecified atom stereocenters. The van der Waals surface area contributed by atoms with E-state index in [1.165, 1.54) is 0 Å². The van der Waals surface area contributed by atoms with Gasteiger partial charge in [0.05, 0.1) is 12.1 Å². The van der Waals surface area contributed by atoms with Crippen LogP contribution >= 0.6 is 0 Å². The lowest BCUT2D eigenvalue weighted by molar-refractivity contribution is -0.175. The third-order valence-electron chi connectivity index (χ3n) is 2.49. The molecule has 1 aromatic heterocycles. The molecule has 0 saturated carbocycles. The smallest absolute Gasteiger partial charge is 0.330 e. The topological polar surface area (TPSA) is 47.1 Å². The maximum Gasteiger partial charge on any atom is 0.394 e. The molecule has 0 spiro atoms. The first-order valence-electron chi connectivity index (χ1n) is 5.25. The number of halogens is 3. The highest BCUT2D eigenvalue weighted by Crippen LogP contribution is 2.26. The second kappa shape index (κ2) is 5.50. The number of nitrogens with zero attached hydrogens (tertiary/aromatic N) is 3. The van der Waals surface area contributed by atoms with Gasteiger partial charge in [-0.1, -0.05) is 0 Å². The molecule has 0 aromatic carbocycles. The van der Waals surface area contributed by atoms with Crippen molar-refractivity contribution in [3.63, 3.8) is 0 Å². The van der Waals surface area contributed by atoms with Crippen LogP contribution in [-0.2, 0) is 13.6 Å². The number of hydrogen-bond acceptors (Lipinski definition) is 3. The molecule has 0 radical (unpaired) electrons. The van der Waals surface area contributed by atoms with E-state index in [1.807, 2.05) is 0 Å². The summed E-state index contributed by atoms with van der Waals surface area (Å²) in [4.78, 5) is 1.60. The van der Waals surface area contributed by atoms with Gasteiger partial charge < -0.3 is 10.6 Å². The Bertz CT molecular complexity index is 348. The number of hydrogen-bond donors (Lipinski definition) is 1. The number of nitrogens with two attached hydrogens (primary N) is 1. The van der Waals surface area contributed by atoms with Gasteiger partial charge in [-0.15, -0.1) is 0 Å². The molecule has 1 atom stereocenters. The van der Waals surface area contributed by atoms with Gasteiger partial charge in [-0.25, -0.2) is 0 Å². The van der Waals surface area contributed by atoms with Crippen LogP contribution in [0.5, 0.6) is 0 Å². The molecule has 0 amide bonds. The SMILES string of the molecule is CN(Cc1cnn(C)c1)CC(CN)C(F)(F)F. The van der Waals surface area contributed by atoms with Crippen LogP contribution in [0.2, 0.25) is 0 Å². The Kier molecular flexibility index (Phi) is 4.53. The predicted octanol–water partition coefficient (Wildman–Crippen LogP) is 0.989. The van der Waals surface area contributed by atoms with Gasteiger partial charge in [-0.2, -0.15) is 18.3 Å². The highest BCUT2D eigenvalue weighted by Gasteiger charge is 2.38. The van der Waals surface area contributed by atoms with Crippen molar-refractivity contribution in [3.05, 3.63) is 18.0 Å². The Balaban J connectivity index is 2.51. The normalized spacial score (nSPS) is 14.3. The summed E-state index contributed by atoms with van der Waals surface area (Å²) in [5.41, 5.74) is 6.02. The third kappa shape index (κ3) is 4.35. The lowest BCUT2D eigenvalue weighted by atomic mass is 10.1. The van der Waals surface area contributed by atoms with Crippen LogP contribution in [0.4, 0.5) is 13.2 Å². The minimum Gasteiger partial charge on any atom is -0.330 e. The third-order valence-corrected chi connectivity index (χ3v) is 2.49. The Hall–Kier alpha value is -1.08. The van der Waals surface area contributed by atoms with Gasteiger partial charge in [-0.3, -0.25) is 4.68 Å². The monoisotopic (exact) mass is 250 g/mol. The first kappa shape index (κ1) is 14.0. The van der Waals surface area contributed by atoms with Crippen molar-refractivity contribution in [3.8, 4) is 0 Å². The summed E-state index contributed by atoms with van der Waals surface area (Å²) in [7, 11) is 3.41. The number of rotatable bonds is 5. The van der Waals surface area contributed by atoms with Crippen LogP contribution in [0, 0.1) is 5.92 Å². The Morgan fingerprint density at radius 2 is 2.18 bits per heavy atom. The fourth-order valence-electron chi connectivity index (χ4n) is 1.62. The zero-order chi connectivity index (χ0) is 13.1. The molecule has 1 rings (SSSR count). The Morgan fingerprint density at radius 3 is 2.59 bits per heavy atom. The molecular formula is C10H17F3N4. The summed E-state index contributed by atoms with van der Waals surface area (Å²) in [6.07, 6.45) is -0.818. The molecule has 4 nitrogen and oxygen atoms in total. The zero-order valence-corrected chi connectivity index (χ0v) is 9.91. The van der Waals surface area contributed by atoms with Gasteiger partial charge in [0.1, 0.15) is 0 Å². The van der Waals surface area contributed by atoms with Crippen LogP contribution in [0.3, 0.4) is 0 Å². The summed E-state index contributed by atoms with van der Waals surface area (Å²) < 4.78 is 39.1. The first-order chi connectivity index (χ1) is 7.82. The number of alkyl halides is 3. The van der Waals surface area contributed by atoms with Crippen LogP contribution in [0.15, 0.2) is 12.4 Å². The number of aryl methyl sites for hydroxylation is 1. The molecule has 98 valence electrons. The van der Waals surface area contributed by atoms with E-state index < -0.39 is 12.1 Å². The molecule has 0 fully saturated rings. The maximum atomic E-state index is 12.5. The van der Waals surface area contributed by atoms with Crippen LogP contribution in [0.1, 0.15) is 5.56 Å². The lowest BCUT2D eigenvalue weighted by Crippen LogP contribution is -2.39. The maximum absolute atomic E-state index is 12.5. The van der Waals surface area contributed by atoms with Crippen molar-refractivity contribution in [1.29, 1.82) is 0 Å². The molecule has 7 heteroatoms. The van der Waals surface area contributed by atoms with Gasteiger partial charge >= 0.3 is 6.18 Å². The Morgan fingerprint density at radius 1 is 1.53 bits per heavy atom. The van der Waals surface area contributed by atoms with E-state index in [4.69, 9.17) is 5.73 Å². The van der Waals surface area contributed by atoms with Crippen molar-refractivity contribution in [2.24, 2.45) is 18.7 Å². The van der Waals surface area contributed by atoms with Gasteiger partial charge in [0.2, 0.25) is 0 Å². The molecule has 0 aliphatic rings. The van der Waals surface area contributed by atoms with E-state index >= 15 is 0 Å². The second-order valence-corrected chi connectivity index (χ2v) is 4.19. The zero-order valence-electron chi connectivity index (χ0n) is 9.91. The molecule has 17 heavy (non-hydrogen) atoms. The van der Waals surface area contributed by atoms with Gasteiger partial charge in [0.15, 0.2) is 0 Å². The predicted molar refractivity (Wildman–Crippen MR) is 58.1 cm³/mol. The summed E-state index contributed by atoms with van der Waals surface area (Å²) >= 11 is 0. The minimum atomic E-state index is -4.24. The highest BCUT2D eigenvalue weighted by molar-refractivity contribution is 5.03. The van der Waals surface area contributed by atoms with E-state index in [0.29, 0.717) is 6.54 Å². The van der Waals surface area contributed by atoms with E-state index in [0.717, 1.165) is 5.56 Å².